The fourth-order valence-electron chi connectivity index (χ4n) is 2.06. The lowest BCUT2D eigenvalue weighted by Gasteiger charge is -2.12. The quantitative estimate of drug-likeness (QED) is 0.688. The molecule has 20 heavy (non-hydrogen) atoms. The number of rotatable bonds is 4. The van der Waals surface area contributed by atoms with Crippen molar-refractivity contribution in [2.75, 3.05) is 0 Å². The molecule has 0 aliphatic carbocycles. The highest BCUT2D eigenvalue weighted by atomic mass is 35.5. The normalized spacial score (nSPS) is 12.2. The number of aliphatic hydroxyl groups excluding tert-OH is 1. The molecule has 0 aliphatic heterocycles. The highest BCUT2D eigenvalue weighted by molar-refractivity contribution is 6.31. The monoisotopic (exact) mass is 291 g/mol. The van der Waals surface area contributed by atoms with Gasteiger partial charge >= 0.3 is 0 Å². The molecule has 0 spiro atoms. The summed E-state index contributed by atoms with van der Waals surface area (Å²) in [5.41, 5.74) is 2.10. The number of para-hydroxylation sites is 1. The van der Waals surface area contributed by atoms with Crippen LogP contribution in [0.1, 0.15) is 22.8 Å². The van der Waals surface area contributed by atoms with Crippen LogP contribution < -0.4 is 0 Å². The molecule has 1 N–H and O–H groups in total. The molecule has 0 fully saturated rings. The van der Waals surface area contributed by atoms with E-state index in [4.69, 9.17) is 11.6 Å². The van der Waals surface area contributed by atoms with Crippen LogP contribution in [0, 0.1) is 17.0 Å². The third-order valence-corrected chi connectivity index (χ3v) is 3.59. The lowest BCUT2D eigenvalue weighted by atomic mass is 9.99. The molecule has 0 radical (unpaired) electrons. The second-order valence-corrected chi connectivity index (χ2v) is 5.02. The second-order valence-electron chi connectivity index (χ2n) is 4.61. The van der Waals surface area contributed by atoms with Crippen LogP contribution in [-0.2, 0) is 6.42 Å². The van der Waals surface area contributed by atoms with Gasteiger partial charge in [0, 0.05) is 23.1 Å². The van der Waals surface area contributed by atoms with Gasteiger partial charge in [-0.2, -0.15) is 0 Å². The van der Waals surface area contributed by atoms with E-state index >= 15 is 0 Å². The van der Waals surface area contributed by atoms with Gasteiger partial charge in [-0.1, -0.05) is 41.9 Å². The SMILES string of the molecule is Cc1cc(C(O)Cc2ccccc2[N+](=O)[O-])ccc1Cl. The van der Waals surface area contributed by atoms with Gasteiger partial charge < -0.3 is 5.11 Å². The highest BCUT2D eigenvalue weighted by Crippen LogP contribution is 2.27. The molecule has 1 atom stereocenters. The Hall–Kier alpha value is -1.91. The summed E-state index contributed by atoms with van der Waals surface area (Å²) < 4.78 is 0. The molecule has 2 aromatic rings. The Bertz CT molecular complexity index is 643. The predicted molar refractivity (Wildman–Crippen MR) is 77.9 cm³/mol. The zero-order chi connectivity index (χ0) is 14.7. The summed E-state index contributed by atoms with van der Waals surface area (Å²) in [5, 5.41) is 21.8. The number of nitro groups is 1. The smallest absolute Gasteiger partial charge is 0.272 e. The Labute approximate surface area is 121 Å². The number of nitro benzene ring substituents is 1. The van der Waals surface area contributed by atoms with E-state index in [1.807, 2.05) is 6.92 Å². The molecule has 0 aliphatic rings. The first kappa shape index (κ1) is 14.5. The minimum Gasteiger partial charge on any atom is -0.388 e. The van der Waals surface area contributed by atoms with Crippen molar-refractivity contribution in [2.24, 2.45) is 0 Å². The molecule has 5 heteroatoms. The first-order chi connectivity index (χ1) is 9.49. The molecule has 0 saturated heterocycles. The molecule has 0 amide bonds. The van der Waals surface area contributed by atoms with Crippen LogP contribution in [0.15, 0.2) is 42.5 Å². The Balaban J connectivity index is 2.25. The molecule has 0 aromatic heterocycles. The second kappa shape index (κ2) is 6.03. The van der Waals surface area contributed by atoms with Gasteiger partial charge in [0.1, 0.15) is 0 Å². The summed E-state index contributed by atoms with van der Waals surface area (Å²) in [6.45, 7) is 1.85. The Morgan fingerprint density at radius 3 is 2.65 bits per heavy atom. The van der Waals surface area contributed by atoms with Crippen molar-refractivity contribution in [1.82, 2.24) is 0 Å². The lowest BCUT2D eigenvalue weighted by Crippen LogP contribution is -2.04. The summed E-state index contributed by atoms with van der Waals surface area (Å²) in [4.78, 5) is 10.5. The maximum atomic E-state index is 10.9. The zero-order valence-corrected chi connectivity index (χ0v) is 11.7. The lowest BCUT2D eigenvalue weighted by molar-refractivity contribution is -0.385. The van der Waals surface area contributed by atoms with E-state index in [0.29, 0.717) is 16.1 Å². The van der Waals surface area contributed by atoms with Gasteiger partial charge in [0.15, 0.2) is 0 Å². The fourth-order valence-corrected chi connectivity index (χ4v) is 2.18. The van der Waals surface area contributed by atoms with Crippen LogP contribution in [0.25, 0.3) is 0 Å². The molecular formula is C15H14ClNO3. The molecule has 0 heterocycles. The minimum absolute atomic E-state index is 0.0252. The first-order valence-electron chi connectivity index (χ1n) is 6.15. The number of aliphatic hydroxyl groups is 1. The summed E-state index contributed by atoms with van der Waals surface area (Å²) in [5.74, 6) is 0. The molecule has 1 unspecified atom stereocenters. The summed E-state index contributed by atoms with van der Waals surface area (Å²) in [6.07, 6.45) is -0.606. The van der Waals surface area contributed by atoms with Gasteiger partial charge in [-0.25, -0.2) is 0 Å². The fraction of sp³-hybridized carbons (Fsp3) is 0.200. The maximum Gasteiger partial charge on any atom is 0.272 e. The number of benzene rings is 2. The highest BCUT2D eigenvalue weighted by Gasteiger charge is 2.17. The Morgan fingerprint density at radius 2 is 2.00 bits per heavy atom. The zero-order valence-electron chi connectivity index (χ0n) is 10.9. The van der Waals surface area contributed by atoms with E-state index in [-0.39, 0.29) is 12.1 Å². The average molecular weight is 292 g/mol. The molecule has 0 saturated carbocycles. The average Bonchev–Trinajstić information content (AvgIpc) is 2.42. The Kier molecular flexibility index (Phi) is 4.37. The van der Waals surface area contributed by atoms with Crippen LogP contribution in [0.3, 0.4) is 0 Å². The van der Waals surface area contributed by atoms with Crippen molar-refractivity contribution < 1.29 is 10.0 Å². The number of hydrogen-bond donors (Lipinski definition) is 1. The van der Waals surface area contributed by atoms with Gasteiger partial charge in [-0.05, 0) is 24.1 Å². The van der Waals surface area contributed by atoms with Gasteiger partial charge in [0.05, 0.1) is 11.0 Å². The third kappa shape index (κ3) is 3.15. The van der Waals surface area contributed by atoms with E-state index in [1.54, 1.807) is 36.4 Å². The molecular weight excluding hydrogens is 278 g/mol. The topological polar surface area (TPSA) is 63.4 Å². The van der Waals surface area contributed by atoms with Gasteiger partial charge in [-0.3, -0.25) is 10.1 Å². The first-order valence-corrected chi connectivity index (χ1v) is 6.53. The van der Waals surface area contributed by atoms with Crippen LogP contribution in [0.2, 0.25) is 5.02 Å². The molecule has 2 aromatic carbocycles. The Morgan fingerprint density at radius 1 is 1.30 bits per heavy atom. The standard InChI is InChI=1S/C15H14ClNO3/c1-10-8-12(6-7-13(10)16)15(18)9-11-4-2-3-5-14(11)17(19)20/h2-8,15,18H,9H2,1H3. The maximum absolute atomic E-state index is 10.9. The van der Waals surface area contributed by atoms with E-state index in [2.05, 4.69) is 0 Å². The predicted octanol–water partition coefficient (Wildman–Crippen LogP) is 3.83. The molecule has 104 valence electrons. The summed E-state index contributed by atoms with van der Waals surface area (Å²) >= 11 is 5.94. The number of hydrogen-bond acceptors (Lipinski definition) is 3. The molecule has 0 bridgehead atoms. The van der Waals surface area contributed by atoms with Crippen molar-refractivity contribution >= 4 is 17.3 Å². The van der Waals surface area contributed by atoms with Crippen molar-refractivity contribution in [3.8, 4) is 0 Å². The van der Waals surface area contributed by atoms with E-state index in [0.717, 1.165) is 5.56 Å². The van der Waals surface area contributed by atoms with Crippen LogP contribution in [0.4, 0.5) is 5.69 Å². The molecule has 2 rings (SSSR count). The van der Waals surface area contributed by atoms with Gasteiger partial charge in [0.25, 0.3) is 5.69 Å². The molecule has 4 nitrogen and oxygen atoms in total. The largest absolute Gasteiger partial charge is 0.388 e. The number of halogens is 1. The van der Waals surface area contributed by atoms with Crippen molar-refractivity contribution in [1.29, 1.82) is 0 Å². The van der Waals surface area contributed by atoms with E-state index < -0.39 is 11.0 Å². The van der Waals surface area contributed by atoms with Gasteiger partial charge in [0.2, 0.25) is 0 Å². The van der Waals surface area contributed by atoms with Crippen molar-refractivity contribution in [3.63, 3.8) is 0 Å². The number of aryl methyl sites for hydroxylation is 1. The van der Waals surface area contributed by atoms with Crippen LogP contribution >= 0.6 is 11.6 Å². The van der Waals surface area contributed by atoms with Gasteiger partial charge in [-0.15, -0.1) is 0 Å². The number of nitrogens with zero attached hydrogens (tertiary/aromatic N) is 1. The van der Waals surface area contributed by atoms with Crippen LogP contribution in [-0.4, -0.2) is 10.0 Å². The third-order valence-electron chi connectivity index (χ3n) is 3.17. The summed E-state index contributed by atoms with van der Waals surface area (Å²) in [7, 11) is 0. The van der Waals surface area contributed by atoms with E-state index in [9.17, 15) is 15.2 Å². The van der Waals surface area contributed by atoms with Crippen molar-refractivity contribution in [2.45, 2.75) is 19.4 Å². The van der Waals surface area contributed by atoms with Crippen molar-refractivity contribution in [3.05, 3.63) is 74.3 Å². The minimum atomic E-state index is -0.799. The van der Waals surface area contributed by atoms with E-state index in [1.165, 1.54) is 6.07 Å². The summed E-state index contributed by atoms with van der Waals surface area (Å²) in [6, 6.07) is 11.7. The van der Waals surface area contributed by atoms with Crippen LogP contribution in [0.5, 0.6) is 0 Å².